The zero-order chi connectivity index (χ0) is 17.3. The maximum Gasteiger partial charge on any atom is 0.174 e. The Balaban J connectivity index is 0.00000196. The summed E-state index contributed by atoms with van der Waals surface area (Å²) in [5, 5.41) is 0. The molecule has 1 saturated heterocycles. The number of carbonyl (C=O) groups is 1. The molecule has 2 aromatic rings. The second-order valence-electron chi connectivity index (χ2n) is 6.98. The van der Waals surface area contributed by atoms with Crippen LogP contribution >= 0.6 is 12.4 Å². The predicted octanol–water partition coefficient (Wildman–Crippen LogP) is 4.12. The molecule has 5 heteroatoms. The molecular weight excluding hydrogens is 350 g/mol. The molecule has 0 aromatic heterocycles. The van der Waals surface area contributed by atoms with Crippen LogP contribution in [0.3, 0.4) is 0 Å². The van der Waals surface area contributed by atoms with Gasteiger partial charge in [-0.05, 0) is 17.7 Å². The summed E-state index contributed by atoms with van der Waals surface area (Å²) in [6, 6.07) is 16.1. The van der Waals surface area contributed by atoms with Crippen LogP contribution in [0, 0.1) is 0 Å². The Morgan fingerprint density at radius 1 is 1.08 bits per heavy atom. The average Bonchev–Trinajstić information content (AvgIpc) is 2.64. The summed E-state index contributed by atoms with van der Waals surface area (Å²) >= 11 is 0. The van der Waals surface area contributed by atoms with E-state index in [-0.39, 0.29) is 23.8 Å². The summed E-state index contributed by atoms with van der Waals surface area (Å²) in [6.45, 7) is 2.85. The number of rotatable bonds is 3. The highest BCUT2D eigenvalue weighted by molar-refractivity contribution is 6.02. The van der Waals surface area contributed by atoms with E-state index in [9.17, 15) is 4.79 Å². The molecule has 0 amide bonds. The van der Waals surface area contributed by atoms with Gasteiger partial charge in [0.05, 0.1) is 13.5 Å². The van der Waals surface area contributed by atoms with Crippen LogP contribution in [0.15, 0.2) is 48.5 Å². The van der Waals surface area contributed by atoms with Crippen molar-refractivity contribution in [2.24, 2.45) is 0 Å². The Kier molecular flexibility index (Phi) is 5.54. The fraction of sp³-hybridized carbons (Fsp3) is 0.381. The van der Waals surface area contributed by atoms with Crippen LogP contribution in [0.1, 0.15) is 35.2 Å². The lowest BCUT2D eigenvalue weighted by Crippen LogP contribution is -2.50. The van der Waals surface area contributed by atoms with E-state index >= 15 is 0 Å². The Hall–Kier alpha value is -2.04. The van der Waals surface area contributed by atoms with Crippen LogP contribution in [0.2, 0.25) is 0 Å². The molecule has 1 fully saturated rings. The van der Waals surface area contributed by atoms with Gasteiger partial charge in [0, 0.05) is 32.5 Å². The van der Waals surface area contributed by atoms with Crippen LogP contribution in [0.4, 0.5) is 0 Å². The van der Waals surface area contributed by atoms with Gasteiger partial charge >= 0.3 is 0 Å². The highest BCUT2D eigenvalue weighted by Crippen LogP contribution is 2.42. The van der Waals surface area contributed by atoms with Crippen molar-refractivity contribution in [3.8, 4) is 11.5 Å². The van der Waals surface area contributed by atoms with Crippen molar-refractivity contribution in [1.82, 2.24) is 4.90 Å². The number of benzene rings is 2. The van der Waals surface area contributed by atoms with Gasteiger partial charge in [-0.25, -0.2) is 0 Å². The number of piperidine rings is 1. The molecule has 26 heavy (non-hydrogen) atoms. The van der Waals surface area contributed by atoms with E-state index in [0.717, 1.165) is 32.5 Å². The second-order valence-corrected chi connectivity index (χ2v) is 6.98. The zero-order valence-corrected chi connectivity index (χ0v) is 15.8. The van der Waals surface area contributed by atoms with Crippen LogP contribution in [0.25, 0.3) is 0 Å². The highest BCUT2D eigenvalue weighted by Gasteiger charge is 2.43. The third-order valence-corrected chi connectivity index (χ3v) is 5.31. The number of hydrogen-bond donors (Lipinski definition) is 0. The third-order valence-electron chi connectivity index (χ3n) is 5.31. The van der Waals surface area contributed by atoms with Crippen molar-refractivity contribution in [3.05, 3.63) is 59.7 Å². The molecule has 0 N–H and O–H groups in total. The molecule has 2 aliphatic heterocycles. The van der Waals surface area contributed by atoms with E-state index in [2.05, 4.69) is 29.2 Å². The molecule has 2 aromatic carbocycles. The van der Waals surface area contributed by atoms with Crippen LogP contribution < -0.4 is 9.47 Å². The fourth-order valence-electron chi connectivity index (χ4n) is 3.93. The van der Waals surface area contributed by atoms with Crippen LogP contribution in [-0.4, -0.2) is 36.5 Å². The Morgan fingerprint density at radius 3 is 2.50 bits per heavy atom. The molecule has 0 atom stereocenters. The standard InChI is InChI=1S/C21H23NO3.ClH/c1-24-18-8-5-9-19-20(18)17(23)14-21(25-19)10-12-22(13-11-21)15-16-6-3-2-4-7-16;/h2-9H,10-15H2,1H3;1H. The molecule has 0 unspecified atom stereocenters. The number of likely N-dealkylation sites (tertiary alicyclic amines) is 1. The number of nitrogens with zero attached hydrogens (tertiary/aromatic N) is 1. The first-order valence-corrected chi connectivity index (χ1v) is 8.85. The molecular formula is C21H24ClNO3. The molecule has 138 valence electrons. The topological polar surface area (TPSA) is 38.8 Å². The first-order valence-electron chi connectivity index (χ1n) is 8.85. The van der Waals surface area contributed by atoms with Crippen molar-refractivity contribution in [2.45, 2.75) is 31.4 Å². The fourth-order valence-corrected chi connectivity index (χ4v) is 3.93. The maximum absolute atomic E-state index is 12.7. The third kappa shape index (κ3) is 3.57. The Bertz CT molecular complexity index is 770. The Labute approximate surface area is 160 Å². The van der Waals surface area contributed by atoms with Gasteiger partial charge < -0.3 is 9.47 Å². The second kappa shape index (κ2) is 7.68. The van der Waals surface area contributed by atoms with Gasteiger partial charge in [0.15, 0.2) is 5.78 Å². The molecule has 0 bridgehead atoms. The summed E-state index contributed by atoms with van der Waals surface area (Å²) in [7, 11) is 1.59. The van der Waals surface area contributed by atoms with Crippen molar-refractivity contribution in [3.63, 3.8) is 0 Å². The van der Waals surface area contributed by atoms with Crippen molar-refractivity contribution < 1.29 is 14.3 Å². The summed E-state index contributed by atoms with van der Waals surface area (Å²) in [5.74, 6) is 1.42. The van der Waals surface area contributed by atoms with Crippen molar-refractivity contribution in [1.29, 1.82) is 0 Å². The van der Waals surface area contributed by atoms with Crippen LogP contribution in [-0.2, 0) is 6.54 Å². The SMILES string of the molecule is COc1cccc2c1C(=O)CC1(CCN(Cc3ccccc3)CC1)O2.Cl. The van der Waals surface area contributed by atoms with Crippen molar-refractivity contribution >= 4 is 18.2 Å². The van der Waals surface area contributed by atoms with Gasteiger partial charge in [-0.15, -0.1) is 12.4 Å². The first kappa shape index (κ1) is 18.7. The number of carbonyl (C=O) groups excluding carboxylic acids is 1. The number of hydrogen-bond acceptors (Lipinski definition) is 4. The number of ether oxygens (including phenoxy) is 2. The minimum Gasteiger partial charge on any atom is -0.496 e. The monoisotopic (exact) mass is 373 g/mol. The number of fused-ring (bicyclic) bond motifs is 1. The smallest absolute Gasteiger partial charge is 0.174 e. The summed E-state index contributed by atoms with van der Waals surface area (Å²) in [5.41, 5.74) is 1.57. The van der Waals surface area contributed by atoms with Gasteiger partial charge in [0.2, 0.25) is 0 Å². The Morgan fingerprint density at radius 2 is 1.81 bits per heavy atom. The molecule has 4 nitrogen and oxygen atoms in total. The minimum atomic E-state index is -0.358. The van der Waals surface area contributed by atoms with E-state index in [1.807, 2.05) is 24.3 Å². The van der Waals surface area contributed by atoms with E-state index in [1.54, 1.807) is 7.11 Å². The molecule has 2 aliphatic rings. The summed E-state index contributed by atoms with van der Waals surface area (Å²) < 4.78 is 11.7. The normalized spacial score (nSPS) is 18.6. The molecule has 1 spiro atoms. The lowest BCUT2D eigenvalue weighted by Gasteiger charge is -2.44. The lowest BCUT2D eigenvalue weighted by molar-refractivity contribution is -0.0110. The maximum atomic E-state index is 12.7. The molecule has 0 aliphatic carbocycles. The summed E-state index contributed by atoms with van der Waals surface area (Å²) in [6.07, 6.45) is 2.20. The molecule has 0 radical (unpaired) electrons. The number of Topliss-reactive ketones (excluding diaryl/α,β-unsaturated/α-hetero) is 1. The average molecular weight is 374 g/mol. The van der Waals surface area contributed by atoms with E-state index in [4.69, 9.17) is 9.47 Å². The van der Waals surface area contributed by atoms with E-state index in [1.165, 1.54) is 5.56 Å². The van der Waals surface area contributed by atoms with E-state index in [0.29, 0.717) is 23.5 Å². The predicted molar refractivity (Wildman–Crippen MR) is 104 cm³/mol. The summed E-state index contributed by atoms with van der Waals surface area (Å²) in [4.78, 5) is 15.2. The zero-order valence-electron chi connectivity index (χ0n) is 14.9. The number of methoxy groups -OCH3 is 1. The highest BCUT2D eigenvalue weighted by atomic mass is 35.5. The van der Waals surface area contributed by atoms with E-state index < -0.39 is 0 Å². The van der Waals surface area contributed by atoms with Gasteiger partial charge in [0.1, 0.15) is 22.7 Å². The molecule has 0 saturated carbocycles. The van der Waals surface area contributed by atoms with Crippen molar-refractivity contribution in [2.75, 3.05) is 20.2 Å². The largest absolute Gasteiger partial charge is 0.496 e. The quantitative estimate of drug-likeness (QED) is 0.811. The molecule has 4 rings (SSSR count). The van der Waals surface area contributed by atoms with Gasteiger partial charge in [-0.1, -0.05) is 36.4 Å². The van der Waals surface area contributed by atoms with Crippen LogP contribution in [0.5, 0.6) is 11.5 Å². The lowest BCUT2D eigenvalue weighted by atomic mass is 9.82. The molecule has 2 heterocycles. The minimum absolute atomic E-state index is 0. The van der Waals surface area contributed by atoms with Gasteiger partial charge in [-0.2, -0.15) is 0 Å². The van der Waals surface area contributed by atoms with Gasteiger partial charge in [0.25, 0.3) is 0 Å². The van der Waals surface area contributed by atoms with Gasteiger partial charge in [-0.3, -0.25) is 9.69 Å². The number of halogens is 1. The first-order chi connectivity index (χ1) is 12.2. The number of ketones is 1.